The van der Waals surface area contributed by atoms with Gasteiger partial charge in [0.1, 0.15) is 0 Å². The molecule has 0 fully saturated rings. The Morgan fingerprint density at radius 2 is 1.77 bits per heavy atom. The van der Waals surface area contributed by atoms with Crippen molar-refractivity contribution in [2.24, 2.45) is 0 Å². The van der Waals surface area contributed by atoms with Crippen molar-refractivity contribution >= 4 is 11.7 Å². The molecule has 0 saturated heterocycles. The van der Waals surface area contributed by atoms with Gasteiger partial charge in [0, 0.05) is 17.8 Å². The van der Waals surface area contributed by atoms with Crippen LogP contribution in [0.3, 0.4) is 0 Å². The number of nitrogens with zero attached hydrogens (tertiary/aromatic N) is 2. The molecule has 10 nitrogen and oxygen atoms in total. The van der Waals surface area contributed by atoms with E-state index in [1.807, 2.05) is 0 Å². The molecule has 0 aliphatic rings. The van der Waals surface area contributed by atoms with Gasteiger partial charge in [-0.25, -0.2) is 4.79 Å². The Morgan fingerprint density at radius 3 is 2.42 bits per heavy atom. The first-order valence-corrected chi connectivity index (χ1v) is 9.34. The largest absolute Gasteiger partial charge is 0.493 e. The molecule has 164 valence electrons. The average Bonchev–Trinajstić information content (AvgIpc) is 3.29. The third-order valence-corrected chi connectivity index (χ3v) is 4.28. The van der Waals surface area contributed by atoms with Crippen LogP contribution in [0, 0.1) is 0 Å². The molecule has 0 saturated carbocycles. The Labute approximate surface area is 178 Å². The summed E-state index contributed by atoms with van der Waals surface area (Å²) in [5.74, 6) is 1.09. The van der Waals surface area contributed by atoms with Crippen LogP contribution in [-0.2, 0) is 11.3 Å². The van der Waals surface area contributed by atoms with Crippen LogP contribution >= 0.6 is 0 Å². The normalized spacial score (nSPS) is 10.5. The second-order valence-corrected chi connectivity index (χ2v) is 6.19. The highest BCUT2D eigenvalue weighted by molar-refractivity contribution is 5.95. The molecule has 0 atom stereocenters. The first-order chi connectivity index (χ1) is 15.1. The van der Waals surface area contributed by atoms with Crippen molar-refractivity contribution in [1.29, 1.82) is 0 Å². The Morgan fingerprint density at radius 1 is 1.06 bits per heavy atom. The van der Waals surface area contributed by atoms with E-state index in [1.54, 1.807) is 36.4 Å². The fourth-order valence-corrected chi connectivity index (χ4v) is 2.84. The number of nitrogens with one attached hydrogen (secondary N) is 1. The molecule has 0 spiro atoms. The molecule has 1 heterocycles. The zero-order valence-corrected chi connectivity index (χ0v) is 17.4. The molecule has 31 heavy (non-hydrogen) atoms. The van der Waals surface area contributed by atoms with Crippen molar-refractivity contribution in [3.8, 4) is 28.7 Å². The van der Waals surface area contributed by atoms with E-state index in [0.717, 1.165) is 0 Å². The molecular formula is C21H23N3O7. The minimum Gasteiger partial charge on any atom is -0.493 e. The number of ether oxygens (including phenoxy) is 4. The van der Waals surface area contributed by atoms with Gasteiger partial charge in [0.15, 0.2) is 18.1 Å². The summed E-state index contributed by atoms with van der Waals surface area (Å²) in [6, 6.07) is 10.2. The fraction of sp³-hybridized carbons (Fsp3) is 0.286. The van der Waals surface area contributed by atoms with Gasteiger partial charge in [-0.3, -0.25) is 0 Å². The van der Waals surface area contributed by atoms with Crippen LogP contribution in [0.2, 0.25) is 0 Å². The lowest BCUT2D eigenvalue weighted by atomic mass is 10.2. The topological polar surface area (TPSA) is 125 Å². The monoisotopic (exact) mass is 429 g/mol. The SMILES string of the molecule is COc1cc(-c2nnc(COC(=O)c3ccccc3NCCO)o2)cc(OC)c1OC. The zero-order valence-electron chi connectivity index (χ0n) is 17.4. The van der Waals surface area contributed by atoms with Crippen molar-refractivity contribution in [2.75, 3.05) is 39.8 Å². The molecule has 2 N–H and O–H groups in total. The number of aliphatic hydroxyl groups excluding tert-OH is 1. The lowest BCUT2D eigenvalue weighted by Gasteiger charge is -2.12. The Kier molecular flexibility index (Phi) is 7.28. The van der Waals surface area contributed by atoms with Crippen molar-refractivity contribution in [3.05, 3.63) is 47.9 Å². The van der Waals surface area contributed by atoms with Gasteiger partial charge in [0.25, 0.3) is 5.89 Å². The summed E-state index contributed by atoms with van der Waals surface area (Å²) in [6.45, 7) is 0.0474. The number of methoxy groups -OCH3 is 3. The number of esters is 1. The van der Waals surface area contributed by atoms with Crippen LogP contribution in [0.15, 0.2) is 40.8 Å². The molecule has 0 amide bonds. The molecule has 3 rings (SSSR count). The molecule has 10 heteroatoms. The quantitative estimate of drug-likeness (QED) is 0.464. The molecule has 0 radical (unpaired) electrons. The Hall–Kier alpha value is -3.79. The van der Waals surface area contributed by atoms with E-state index in [9.17, 15) is 4.79 Å². The van der Waals surface area contributed by atoms with Crippen molar-refractivity contribution < 1.29 is 33.3 Å². The summed E-state index contributed by atoms with van der Waals surface area (Å²) in [5, 5.41) is 19.9. The van der Waals surface area contributed by atoms with E-state index in [0.29, 0.717) is 40.6 Å². The Balaban J connectivity index is 1.73. The van der Waals surface area contributed by atoms with E-state index >= 15 is 0 Å². The lowest BCUT2D eigenvalue weighted by Crippen LogP contribution is -2.12. The first kappa shape index (κ1) is 21.9. The van der Waals surface area contributed by atoms with Gasteiger partial charge in [-0.15, -0.1) is 10.2 Å². The van der Waals surface area contributed by atoms with Gasteiger partial charge in [-0.2, -0.15) is 0 Å². The van der Waals surface area contributed by atoms with E-state index in [1.165, 1.54) is 21.3 Å². The van der Waals surface area contributed by atoms with Gasteiger partial charge in [-0.1, -0.05) is 12.1 Å². The van der Waals surface area contributed by atoms with Crippen LogP contribution in [0.1, 0.15) is 16.2 Å². The number of anilines is 1. The van der Waals surface area contributed by atoms with Crippen LogP contribution in [0.4, 0.5) is 5.69 Å². The first-order valence-electron chi connectivity index (χ1n) is 9.34. The lowest BCUT2D eigenvalue weighted by molar-refractivity contribution is 0.0439. The maximum absolute atomic E-state index is 12.5. The van der Waals surface area contributed by atoms with Gasteiger partial charge in [0.05, 0.1) is 33.5 Å². The minimum atomic E-state index is -0.562. The van der Waals surface area contributed by atoms with Crippen LogP contribution < -0.4 is 19.5 Å². The highest BCUT2D eigenvalue weighted by Gasteiger charge is 2.19. The highest BCUT2D eigenvalue weighted by atomic mass is 16.5. The maximum atomic E-state index is 12.5. The molecule has 2 aromatic carbocycles. The third-order valence-electron chi connectivity index (χ3n) is 4.28. The standard InChI is InChI=1S/C21H23N3O7/c1-27-16-10-13(11-17(28-2)19(16)29-3)20-24-23-18(31-20)12-30-21(26)14-6-4-5-7-15(14)22-8-9-25/h4-7,10-11,22,25H,8-9,12H2,1-3H3. The van der Waals surface area contributed by atoms with Crippen LogP contribution in [0.25, 0.3) is 11.5 Å². The van der Waals surface area contributed by atoms with Gasteiger partial charge < -0.3 is 33.8 Å². The van der Waals surface area contributed by atoms with Gasteiger partial charge >= 0.3 is 5.97 Å². The number of hydrogen-bond donors (Lipinski definition) is 2. The van der Waals surface area contributed by atoms with Crippen LogP contribution in [0.5, 0.6) is 17.2 Å². The zero-order chi connectivity index (χ0) is 22.2. The molecule has 0 bridgehead atoms. The summed E-state index contributed by atoms with van der Waals surface area (Å²) < 4.78 is 26.9. The fourth-order valence-electron chi connectivity index (χ4n) is 2.84. The Bertz CT molecular complexity index is 1010. The smallest absolute Gasteiger partial charge is 0.340 e. The maximum Gasteiger partial charge on any atom is 0.340 e. The second-order valence-electron chi connectivity index (χ2n) is 6.19. The number of rotatable bonds is 10. The van der Waals surface area contributed by atoms with E-state index in [-0.39, 0.29) is 25.0 Å². The molecule has 0 unspecified atom stereocenters. The van der Waals surface area contributed by atoms with Crippen molar-refractivity contribution in [1.82, 2.24) is 10.2 Å². The summed E-state index contributed by atoms with van der Waals surface area (Å²) >= 11 is 0. The molecule has 0 aliphatic heterocycles. The van der Waals surface area contributed by atoms with E-state index in [4.69, 9.17) is 28.5 Å². The van der Waals surface area contributed by atoms with Crippen molar-refractivity contribution in [3.63, 3.8) is 0 Å². The molecule has 0 aliphatic carbocycles. The summed E-state index contributed by atoms with van der Waals surface area (Å²) in [7, 11) is 4.52. The van der Waals surface area contributed by atoms with E-state index in [2.05, 4.69) is 15.5 Å². The van der Waals surface area contributed by atoms with E-state index < -0.39 is 5.97 Å². The highest BCUT2D eigenvalue weighted by Crippen LogP contribution is 2.40. The number of para-hydroxylation sites is 1. The molecular weight excluding hydrogens is 406 g/mol. The third kappa shape index (κ3) is 5.04. The number of aliphatic hydroxyl groups is 1. The average molecular weight is 429 g/mol. The summed E-state index contributed by atoms with van der Waals surface area (Å²) in [5.41, 5.74) is 1.45. The molecule has 3 aromatic rings. The predicted molar refractivity (Wildman–Crippen MR) is 111 cm³/mol. The van der Waals surface area contributed by atoms with Crippen LogP contribution in [-0.4, -0.2) is 55.8 Å². The number of benzene rings is 2. The second kappa shape index (κ2) is 10.3. The van der Waals surface area contributed by atoms with Crippen molar-refractivity contribution in [2.45, 2.75) is 6.61 Å². The molecule has 1 aromatic heterocycles. The summed E-state index contributed by atoms with van der Waals surface area (Å²) in [6.07, 6.45) is 0. The minimum absolute atomic E-state index is 0.0604. The van der Waals surface area contributed by atoms with Gasteiger partial charge in [-0.05, 0) is 24.3 Å². The number of carbonyl (C=O) groups is 1. The number of aromatic nitrogens is 2. The predicted octanol–water partition coefficient (Wildman–Crippen LogP) is 2.52. The van der Waals surface area contributed by atoms with Gasteiger partial charge in [0.2, 0.25) is 11.6 Å². The number of carbonyl (C=O) groups excluding carboxylic acids is 1. The summed E-state index contributed by atoms with van der Waals surface area (Å²) in [4.78, 5) is 12.5. The number of hydrogen-bond acceptors (Lipinski definition) is 10.